The molecule has 0 aliphatic heterocycles. The number of para-hydroxylation sites is 4. The highest BCUT2D eigenvalue weighted by molar-refractivity contribution is 6.15. The van der Waals surface area contributed by atoms with Gasteiger partial charge in [-0.05, 0) is 216 Å². The molecule has 0 bridgehead atoms. The third-order valence-corrected chi connectivity index (χ3v) is 24.2. The van der Waals surface area contributed by atoms with Crippen LogP contribution in [0, 0.1) is 0 Å². The molecule has 23 rings (SSSR count). The minimum Gasteiger partial charge on any atom is -0.456 e. The Morgan fingerprint density at radius 3 is 1.01 bits per heavy atom. The summed E-state index contributed by atoms with van der Waals surface area (Å²) in [6.07, 6.45) is 0. The molecule has 6 heteroatoms. The molecule has 114 heavy (non-hydrogen) atoms. The monoisotopic (exact) mass is 1460 g/mol. The zero-order valence-corrected chi connectivity index (χ0v) is 63.3. The molecule has 6 nitrogen and oxygen atoms in total. The summed E-state index contributed by atoms with van der Waals surface area (Å²) >= 11 is 0. The van der Waals surface area contributed by atoms with E-state index >= 15 is 0 Å². The first kappa shape index (κ1) is 66.5. The Kier molecular flexibility index (Phi) is 15.2. The van der Waals surface area contributed by atoms with Gasteiger partial charge in [-0.25, -0.2) is 0 Å². The highest BCUT2D eigenvalue weighted by Crippen LogP contribution is 2.55. The van der Waals surface area contributed by atoms with Crippen LogP contribution >= 0.6 is 0 Å². The average Bonchev–Trinajstić information content (AvgIpc) is 1.45. The predicted octanol–water partition coefficient (Wildman–Crippen LogP) is 30.9. The molecule has 0 saturated carbocycles. The van der Waals surface area contributed by atoms with Gasteiger partial charge < -0.3 is 27.5 Å². The lowest BCUT2D eigenvalue weighted by Crippen LogP contribution is -2.17. The van der Waals surface area contributed by atoms with Crippen LogP contribution in [0.15, 0.2) is 394 Å². The minimum atomic E-state index is -0.141. The maximum Gasteiger partial charge on any atom is 0.145 e. The lowest BCUT2D eigenvalue weighted by Gasteiger charge is -2.30. The summed E-state index contributed by atoms with van der Waals surface area (Å²) < 4.78 is 25.7. The summed E-state index contributed by atoms with van der Waals surface area (Å²) in [6, 6.07) is 135. The number of benzene rings is 17. The van der Waals surface area contributed by atoms with Gasteiger partial charge in [0, 0.05) is 93.5 Å². The van der Waals surface area contributed by atoms with Crippen LogP contribution in [-0.4, -0.2) is 0 Å². The highest BCUT2D eigenvalue weighted by atomic mass is 16.3. The number of hydrogen-bond donors (Lipinski definition) is 0. The van der Waals surface area contributed by atoms with Crippen molar-refractivity contribution < 1.29 is 17.7 Å². The first-order chi connectivity index (χ1) is 56.0. The van der Waals surface area contributed by atoms with Gasteiger partial charge in [0.25, 0.3) is 0 Å². The van der Waals surface area contributed by atoms with E-state index in [1.165, 1.54) is 44.5 Å². The van der Waals surface area contributed by atoms with E-state index < -0.39 is 0 Å². The van der Waals surface area contributed by atoms with Gasteiger partial charge in [-0.1, -0.05) is 276 Å². The van der Waals surface area contributed by atoms with Crippen molar-refractivity contribution in [3.63, 3.8) is 0 Å². The van der Waals surface area contributed by atoms with E-state index in [0.717, 1.165) is 178 Å². The van der Waals surface area contributed by atoms with Gasteiger partial charge in [-0.3, -0.25) is 0 Å². The summed E-state index contributed by atoms with van der Waals surface area (Å²) in [4.78, 5) is 4.80. The van der Waals surface area contributed by atoms with Crippen LogP contribution in [-0.2, 0) is 10.8 Å². The van der Waals surface area contributed by atoms with Crippen molar-refractivity contribution in [3.8, 4) is 77.9 Å². The molecule has 0 saturated heterocycles. The molecule has 2 aliphatic carbocycles. The maximum absolute atomic E-state index is 6.75. The number of rotatable bonds is 11. The highest BCUT2D eigenvalue weighted by Gasteiger charge is 2.38. The van der Waals surface area contributed by atoms with E-state index in [-0.39, 0.29) is 10.8 Å². The quantitative estimate of drug-likeness (QED) is 0.129. The second-order valence-electron chi connectivity index (χ2n) is 31.4. The van der Waals surface area contributed by atoms with E-state index in [9.17, 15) is 0 Å². The van der Waals surface area contributed by atoms with Crippen LogP contribution in [0.5, 0.6) is 0 Å². The summed E-state index contributed by atoms with van der Waals surface area (Å²) in [7, 11) is 0. The first-order valence-corrected chi connectivity index (χ1v) is 39.2. The average molecular weight is 1460 g/mol. The van der Waals surface area contributed by atoms with E-state index in [0.29, 0.717) is 0 Å². The van der Waals surface area contributed by atoms with Gasteiger partial charge in [0.05, 0.1) is 5.69 Å². The fourth-order valence-electron chi connectivity index (χ4n) is 18.5. The number of nitrogens with zero attached hydrogens (tertiary/aromatic N) is 2. The lowest BCUT2D eigenvalue weighted by atomic mass is 9.82. The molecule has 540 valence electrons. The Morgan fingerprint density at radius 2 is 0.526 bits per heavy atom. The summed E-state index contributed by atoms with van der Waals surface area (Å²) in [5, 5.41) is 9.00. The molecule has 0 atom stereocenters. The topological polar surface area (TPSA) is 59.0 Å². The molecule has 0 unspecified atom stereocenters. The molecule has 0 amide bonds. The van der Waals surface area contributed by atoms with Crippen LogP contribution in [0.4, 0.5) is 34.1 Å². The smallest absolute Gasteiger partial charge is 0.145 e. The van der Waals surface area contributed by atoms with Crippen molar-refractivity contribution >= 4 is 122 Å². The minimum absolute atomic E-state index is 0.125. The number of furan rings is 4. The van der Waals surface area contributed by atoms with E-state index in [2.05, 4.69) is 377 Å². The van der Waals surface area contributed by atoms with E-state index in [4.69, 9.17) is 17.7 Å². The van der Waals surface area contributed by atoms with E-state index in [1.807, 2.05) is 36.4 Å². The molecule has 0 radical (unpaired) electrons. The van der Waals surface area contributed by atoms with Gasteiger partial charge in [0.15, 0.2) is 0 Å². The fourth-order valence-corrected chi connectivity index (χ4v) is 18.5. The number of hydrogen-bond acceptors (Lipinski definition) is 6. The zero-order chi connectivity index (χ0) is 75.9. The van der Waals surface area contributed by atoms with Gasteiger partial charge in [0.1, 0.15) is 44.7 Å². The summed E-state index contributed by atoms with van der Waals surface area (Å²) in [5.74, 6) is 0. The van der Waals surface area contributed by atoms with Gasteiger partial charge in [-0.15, -0.1) is 0 Å². The Labute approximate surface area is 659 Å². The van der Waals surface area contributed by atoms with Gasteiger partial charge in [-0.2, -0.15) is 0 Å². The molecule has 0 N–H and O–H groups in total. The Morgan fingerprint density at radius 1 is 0.193 bits per heavy atom. The Bertz CT molecular complexity index is 7400. The van der Waals surface area contributed by atoms with Crippen LogP contribution in [0.1, 0.15) is 49.9 Å². The second kappa shape index (κ2) is 26.1. The molecule has 0 spiro atoms. The third kappa shape index (κ3) is 10.7. The van der Waals surface area contributed by atoms with Crippen LogP contribution in [0.2, 0.25) is 0 Å². The zero-order valence-electron chi connectivity index (χ0n) is 63.3. The largest absolute Gasteiger partial charge is 0.456 e. The van der Waals surface area contributed by atoms with Crippen molar-refractivity contribution in [2.75, 3.05) is 9.80 Å². The Hall–Kier alpha value is -14.5. The molecule has 2 aliphatic rings. The second-order valence-corrected chi connectivity index (χ2v) is 31.4. The van der Waals surface area contributed by atoms with Gasteiger partial charge >= 0.3 is 0 Å². The summed E-state index contributed by atoms with van der Waals surface area (Å²) in [6.45, 7) is 9.38. The third-order valence-electron chi connectivity index (χ3n) is 24.2. The van der Waals surface area contributed by atoms with Gasteiger partial charge in [0.2, 0.25) is 0 Å². The molecule has 21 aromatic rings. The van der Waals surface area contributed by atoms with Crippen LogP contribution < -0.4 is 9.80 Å². The lowest BCUT2D eigenvalue weighted by molar-refractivity contribution is 0.660. The van der Waals surface area contributed by atoms with Crippen molar-refractivity contribution in [1.82, 2.24) is 0 Å². The maximum atomic E-state index is 6.75. The van der Waals surface area contributed by atoms with Crippen LogP contribution in [0.25, 0.3) is 166 Å². The number of fused-ring (bicyclic) bond motifs is 18. The van der Waals surface area contributed by atoms with Crippen molar-refractivity contribution in [2.45, 2.75) is 38.5 Å². The SMILES string of the molecule is CC1(C)c2ccccc2-c2ccc(N(c3ccc(-c4ccc5oc6ccccc6c5c4)cc3)c3ccc(-c4ccc5c(oc6ccccc65)c4-c4ccccc4)cc3)cc21.CC1(C)c2ccccc2-c2ccc(N(c3ccc(-c4ccc5oc6ccccc6c5c4)cc3)c3ccc4c(oc5ccccc54)c3-c3ccccc3)cc21. The first-order valence-electron chi connectivity index (χ1n) is 39.2. The fraction of sp³-hybridized carbons (Fsp3) is 0.0556. The van der Waals surface area contributed by atoms with Crippen molar-refractivity contribution in [1.29, 1.82) is 0 Å². The Balaban J connectivity index is 0.000000140. The normalized spacial score (nSPS) is 13.1. The predicted molar refractivity (Wildman–Crippen MR) is 474 cm³/mol. The molecular formula is C108H74N2O4. The van der Waals surface area contributed by atoms with Crippen molar-refractivity contribution in [2.24, 2.45) is 0 Å². The number of anilines is 6. The molecule has 4 aromatic heterocycles. The molecule has 17 aromatic carbocycles. The molecule has 4 heterocycles. The standard InChI is InChI=1S/C57H39NO2.C51H35NO2/c1-57(2)50-17-9-6-14-44(50)45-30-29-42(35-51(45)57)58(40-25-20-36(21-26-40)39-24-33-54-49(34-39)47-16-8-10-18-52(47)59-54)41-27-22-37(23-28-41)43-31-32-48-46-15-7-11-19-53(46)60-56(48)55(43)38-12-4-3-5-13-38;1-51(2)43-17-9-6-14-37(43)38-26-25-36(31-44(38)51)52(35-23-20-32(21-24-35)34-22-29-48-42(30-34)40-16-8-10-18-46(40)53-48)45-28-27-41-39-15-7-11-19-47(39)54-50(41)49(45)33-12-4-3-5-13-33/h3-35H,1-2H3;3-31H,1-2H3. The molecular weight excluding hydrogens is 1390 g/mol. The van der Waals surface area contributed by atoms with Crippen LogP contribution in [0.3, 0.4) is 0 Å². The summed E-state index contributed by atoms with van der Waals surface area (Å²) in [5.41, 5.74) is 35.4. The van der Waals surface area contributed by atoms with E-state index in [1.54, 1.807) is 0 Å². The van der Waals surface area contributed by atoms with Crippen molar-refractivity contribution in [3.05, 3.63) is 398 Å². The molecule has 0 fully saturated rings.